The van der Waals surface area contributed by atoms with Gasteiger partial charge in [0, 0.05) is 65.2 Å². The molecule has 16 aromatic rings. The van der Waals surface area contributed by atoms with Crippen LogP contribution in [0, 0.1) is 0 Å². The van der Waals surface area contributed by atoms with Crippen molar-refractivity contribution in [1.82, 2.24) is 23.3 Å². The second kappa shape index (κ2) is 14.4. The van der Waals surface area contributed by atoms with E-state index in [1.807, 2.05) is 12.4 Å². The number of rotatable bonds is 5. The highest BCUT2D eigenvalue weighted by Gasteiger charge is 2.20. The van der Waals surface area contributed by atoms with Crippen molar-refractivity contribution in [3.05, 3.63) is 237 Å². The zero-order valence-electron chi connectivity index (χ0n) is 38.2. The number of pyridine rings is 1. The van der Waals surface area contributed by atoms with E-state index in [0.717, 1.165) is 77.9 Å². The van der Waals surface area contributed by atoms with Crippen LogP contribution in [0.1, 0.15) is 0 Å². The predicted octanol–water partition coefficient (Wildman–Crippen LogP) is 17.0. The lowest BCUT2D eigenvalue weighted by atomic mass is 10.0. The standard InChI is InChI=1S/C65H39N5O/c1-7-19-56-46(13-1)47-14-2-8-20-57(47)67(56)42-27-30-63-53(36-42)51-18-6-12-24-61(51)70(63)45-35-44(38-66-39-45)69-60-23-11-5-17-50(60)52-33-40(25-29-62(52)69)41-26-31-64-54(34-41)55-37-43(28-32-65(55)71-64)68-58-21-9-3-15-48(58)49-16-4-10-22-59(49)68/h1-39H. The monoisotopic (exact) mass is 905 g/mol. The SMILES string of the molecule is c1ccc2c(c1)c1ccccc1n2-c1ccc2oc3ccc(-c4ccc5c(c4)c4ccccc4n5-c4cncc(-n5c6ccccc6c6cc(-n7c8ccccc8c8ccccc87)ccc65)c4)cc3c2c1. The van der Waals surface area contributed by atoms with Crippen molar-refractivity contribution >= 4 is 109 Å². The normalized spacial score (nSPS) is 12.2. The van der Waals surface area contributed by atoms with E-state index in [9.17, 15) is 0 Å². The maximum Gasteiger partial charge on any atom is 0.135 e. The Kier molecular flexibility index (Phi) is 7.79. The minimum Gasteiger partial charge on any atom is -0.456 e. The van der Waals surface area contributed by atoms with Gasteiger partial charge in [-0.3, -0.25) is 4.98 Å². The molecule has 6 heterocycles. The molecule has 0 radical (unpaired) electrons. The molecule has 0 spiro atoms. The lowest BCUT2D eigenvalue weighted by molar-refractivity contribution is 0.669. The van der Waals surface area contributed by atoms with Crippen LogP contribution in [0.25, 0.3) is 143 Å². The highest BCUT2D eigenvalue weighted by Crippen LogP contribution is 2.41. The second-order valence-corrected chi connectivity index (χ2v) is 18.8. The average molecular weight is 906 g/mol. The molecule has 71 heavy (non-hydrogen) atoms. The Morgan fingerprint density at radius 2 is 0.549 bits per heavy atom. The number of para-hydroxylation sites is 6. The summed E-state index contributed by atoms with van der Waals surface area (Å²) < 4.78 is 16.0. The molecule has 16 rings (SSSR count). The summed E-state index contributed by atoms with van der Waals surface area (Å²) in [5.74, 6) is 0. The Labute approximate surface area is 405 Å². The Morgan fingerprint density at radius 1 is 0.239 bits per heavy atom. The molecule has 0 bridgehead atoms. The van der Waals surface area contributed by atoms with Crippen molar-refractivity contribution in [3.8, 4) is 33.9 Å². The predicted molar refractivity (Wildman–Crippen MR) is 294 cm³/mol. The number of furan rings is 1. The van der Waals surface area contributed by atoms with E-state index in [-0.39, 0.29) is 0 Å². The van der Waals surface area contributed by atoms with Crippen LogP contribution < -0.4 is 0 Å². The first-order valence-electron chi connectivity index (χ1n) is 24.2. The van der Waals surface area contributed by atoms with Crippen molar-refractivity contribution in [2.75, 3.05) is 0 Å². The molecular weight excluding hydrogens is 867 g/mol. The van der Waals surface area contributed by atoms with Gasteiger partial charge in [-0.1, -0.05) is 121 Å². The fraction of sp³-hybridized carbons (Fsp3) is 0. The van der Waals surface area contributed by atoms with Gasteiger partial charge in [0.15, 0.2) is 0 Å². The van der Waals surface area contributed by atoms with Crippen molar-refractivity contribution in [2.45, 2.75) is 0 Å². The van der Waals surface area contributed by atoms with E-state index in [1.54, 1.807) is 0 Å². The van der Waals surface area contributed by atoms with Crippen LogP contribution in [0.4, 0.5) is 0 Å². The maximum absolute atomic E-state index is 6.48. The number of fused-ring (bicyclic) bond motifs is 15. The summed E-state index contributed by atoms with van der Waals surface area (Å²) >= 11 is 0. The van der Waals surface area contributed by atoms with Gasteiger partial charge in [0.25, 0.3) is 0 Å². The van der Waals surface area contributed by atoms with Gasteiger partial charge in [0.1, 0.15) is 11.2 Å². The van der Waals surface area contributed by atoms with Crippen LogP contribution in [0.3, 0.4) is 0 Å². The number of benzene rings is 10. The number of hydrogen-bond donors (Lipinski definition) is 0. The molecule has 0 aliphatic rings. The molecule has 6 aromatic heterocycles. The largest absolute Gasteiger partial charge is 0.456 e. The van der Waals surface area contributed by atoms with Crippen LogP contribution >= 0.6 is 0 Å². The Bertz CT molecular complexity index is 4790. The van der Waals surface area contributed by atoms with Gasteiger partial charge in [-0.25, -0.2) is 0 Å². The first-order valence-corrected chi connectivity index (χ1v) is 24.2. The summed E-state index contributed by atoms with van der Waals surface area (Å²) in [6.45, 7) is 0. The summed E-state index contributed by atoms with van der Waals surface area (Å²) in [7, 11) is 0. The molecule has 10 aromatic carbocycles. The van der Waals surface area contributed by atoms with Crippen molar-refractivity contribution in [3.63, 3.8) is 0 Å². The van der Waals surface area contributed by atoms with E-state index in [0.29, 0.717) is 0 Å². The van der Waals surface area contributed by atoms with Crippen LogP contribution in [-0.4, -0.2) is 23.3 Å². The molecule has 0 aliphatic heterocycles. The van der Waals surface area contributed by atoms with Crippen LogP contribution in [0.5, 0.6) is 0 Å². The fourth-order valence-electron chi connectivity index (χ4n) is 12.0. The van der Waals surface area contributed by atoms with Crippen LogP contribution in [0.2, 0.25) is 0 Å². The van der Waals surface area contributed by atoms with Crippen molar-refractivity contribution < 1.29 is 4.42 Å². The highest BCUT2D eigenvalue weighted by atomic mass is 16.3. The van der Waals surface area contributed by atoms with Crippen LogP contribution in [-0.2, 0) is 0 Å². The Hall–Kier alpha value is -9.65. The highest BCUT2D eigenvalue weighted by molar-refractivity contribution is 6.15. The number of nitrogens with zero attached hydrogens (tertiary/aromatic N) is 5. The lowest BCUT2D eigenvalue weighted by Crippen LogP contribution is -2.00. The van der Waals surface area contributed by atoms with E-state index in [4.69, 9.17) is 9.40 Å². The fourth-order valence-corrected chi connectivity index (χ4v) is 12.0. The third-order valence-corrected chi connectivity index (χ3v) is 15.0. The third kappa shape index (κ3) is 5.44. The molecular formula is C65H39N5O. The van der Waals surface area contributed by atoms with E-state index in [2.05, 4.69) is 243 Å². The molecule has 0 saturated heterocycles. The van der Waals surface area contributed by atoms with Crippen LogP contribution in [0.15, 0.2) is 241 Å². The molecule has 0 unspecified atom stereocenters. The van der Waals surface area contributed by atoms with E-state index < -0.39 is 0 Å². The van der Waals surface area contributed by atoms with Crippen molar-refractivity contribution in [2.24, 2.45) is 0 Å². The molecule has 0 atom stereocenters. The van der Waals surface area contributed by atoms with Gasteiger partial charge in [0.2, 0.25) is 0 Å². The molecule has 0 saturated carbocycles. The molecule has 6 heteroatoms. The summed E-state index contributed by atoms with van der Waals surface area (Å²) in [5, 5.41) is 12.0. The summed E-state index contributed by atoms with van der Waals surface area (Å²) in [6.07, 6.45) is 3.98. The van der Waals surface area contributed by atoms with Gasteiger partial charge in [-0.15, -0.1) is 0 Å². The summed E-state index contributed by atoms with van der Waals surface area (Å²) in [6, 6.07) is 81.4. The molecule has 0 aliphatic carbocycles. The topological polar surface area (TPSA) is 45.8 Å². The minimum atomic E-state index is 0.875. The zero-order chi connectivity index (χ0) is 46.3. The number of hydrogen-bond acceptors (Lipinski definition) is 2. The zero-order valence-corrected chi connectivity index (χ0v) is 38.2. The van der Waals surface area contributed by atoms with Gasteiger partial charge < -0.3 is 22.7 Å². The summed E-state index contributed by atoms with van der Waals surface area (Å²) in [4.78, 5) is 4.96. The van der Waals surface area contributed by atoms with Gasteiger partial charge in [-0.05, 0) is 114 Å². The van der Waals surface area contributed by atoms with Crippen molar-refractivity contribution in [1.29, 1.82) is 0 Å². The first-order chi connectivity index (χ1) is 35.2. The molecule has 0 N–H and O–H groups in total. The van der Waals surface area contributed by atoms with Gasteiger partial charge in [0.05, 0.1) is 67.9 Å². The Morgan fingerprint density at radius 3 is 1.03 bits per heavy atom. The Balaban J connectivity index is 0.819. The lowest BCUT2D eigenvalue weighted by Gasteiger charge is -2.13. The second-order valence-electron chi connectivity index (χ2n) is 18.8. The number of aromatic nitrogens is 5. The quantitative estimate of drug-likeness (QED) is 0.173. The molecule has 6 nitrogen and oxygen atoms in total. The summed E-state index contributed by atoms with van der Waals surface area (Å²) in [5.41, 5.74) is 17.6. The van der Waals surface area contributed by atoms with Gasteiger partial charge in [-0.2, -0.15) is 0 Å². The van der Waals surface area contributed by atoms with E-state index >= 15 is 0 Å². The maximum atomic E-state index is 6.48. The molecule has 330 valence electrons. The molecule has 0 fully saturated rings. The smallest absolute Gasteiger partial charge is 0.135 e. The van der Waals surface area contributed by atoms with E-state index in [1.165, 1.54) is 65.2 Å². The molecule has 0 amide bonds. The average Bonchev–Trinajstić information content (AvgIpc) is 4.23. The first kappa shape index (κ1) is 38.3. The minimum absolute atomic E-state index is 0.875. The van der Waals surface area contributed by atoms with Gasteiger partial charge >= 0.3 is 0 Å². The third-order valence-electron chi connectivity index (χ3n) is 15.0.